The van der Waals surface area contributed by atoms with Gasteiger partial charge in [0, 0.05) is 29.2 Å². The molecule has 0 aliphatic rings. The Balaban J connectivity index is 1.57. The Morgan fingerprint density at radius 2 is 1.90 bits per heavy atom. The number of carbonyl (C=O) groups is 2. The van der Waals surface area contributed by atoms with Crippen LogP contribution in [0, 0.1) is 0 Å². The second-order valence-electron chi connectivity index (χ2n) is 5.77. The van der Waals surface area contributed by atoms with Crippen LogP contribution in [0.1, 0.15) is 21.8 Å². The predicted octanol–water partition coefficient (Wildman–Crippen LogP) is 3.69. The largest absolute Gasteiger partial charge is 0.471 e. The molecule has 0 fully saturated rings. The maximum Gasteiger partial charge on any atom is 0.471 e. The van der Waals surface area contributed by atoms with Crippen LogP contribution in [0.5, 0.6) is 0 Å². The summed E-state index contributed by atoms with van der Waals surface area (Å²) < 4.78 is 51.4. The molecule has 0 saturated heterocycles. The summed E-state index contributed by atoms with van der Waals surface area (Å²) in [6, 6.07) is 7.15. The number of alkyl halides is 3. The summed E-state index contributed by atoms with van der Waals surface area (Å²) in [6.45, 7) is -0.148. The molecule has 0 spiro atoms. The average molecular weight is 422 g/mol. The van der Waals surface area contributed by atoms with Crippen molar-refractivity contribution in [3.05, 3.63) is 59.7 Å². The van der Waals surface area contributed by atoms with Gasteiger partial charge in [-0.1, -0.05) is 5.16 Å². The summed E-state index contributed by atoms with van der Waals surface area (Å²) in [7, 11) is 1.23. The van der Waals surface area contributed by atoms with Crippen molar-refractivity contribution < 1.29 is 36.8 Å². The third-order valence-corrected chi connectivity index (χ3v) is 3.64. The van der Waals surface area contributed by atoms with Crippen LogP contribution in [0.2, 0.25) is 0 Å². The molecular formula is C18H13F3N4O5. The van der Waals surface area contributed by atoms with E-state index in [1.165, 1.54) is 49.8 Å². The highest BCUT2D eigenvalue weighted by Gasteiger charge is 2.38. The molecule has 0 aliphatic carbocycles. The Hall–Kier alpha value is -3.96. The molecule has 0 radical (unpaired) electrons. The number of esters is 1. The van der Waals surface area contributed by atoms with Gasteiger partial charge in [-0.15, -0.1) is 0 Å². The number of nitrogens with one attached hydrogen (secondary N) is 1. The number of rotatable bonds is 5. The maximum atomic E-state index is 12.5. The average Bonchev–Trinajstić information content (AvgIpc) is 3.23. The van der Waals surface area contributed by atoms with E-state index in [-0.39, 0.29) is 23.6 Å². The number of hydrogen-bond acceptors (Lipinski definition) is 8. The first-order chi connectivity index (χ1) is 14.3. The van der Waals surface area contributed by atoms with E-state index >= 15 is 0 Å². The molecule has 1 amide bonds. The third kappa shape index (κ3) is 5.10. The van der Waals surface area contributed by atoms with Gasteiger partial charge in [0.15, 0.2) is 0 Å². The molecule has 2 aromatic heterocycles. The molecule has 3 aromatic rings. The lowest BCUT2D eigenvalue weighted by molar-refractivity contribution is -0.159. The van der Waals surface area contributed by atoms with Crippen molar-refractivity contribution in [2.75, 3.05) is 12.4 Å². The quantitative estimate of drug-likeness (QED) is 0.619. The van der Waals surface area contributed by atoms with Crippen LogP contribution in [-0.2, 0) is 22.3 Å². The lowest BCUT2D eigenvalue weighted by atomic mass is 10.2. The molecule has 12 heteroatoms. The topological polar surface area (TPSA) is 116 Å². The fourth-order valence-electron chi connectivity index (χ4n) is 2.26. The van der Waals surface area contributed by atoms with Crippen LogP contribution in [0.4, 0.5) is 23.7 Å². The van der Waals surface area contributed by atoms with Gasteiger partial charge in [-0.2, -0.15) is 18.2 Å². The van der Waals surface area contributed by atoms with Crippen molar-refractivity contribution in [1.29, 1.82) is 0 Å². The summed E-state index contributed by atoms with van der Waals surface area (Å²) in [5.74, 6) is -2.26. The Labute approximate surface area is 166 Å². The van der Waals surface area contributed by atoms with Crippen molar-refractivity contribution >= 4 is 17.7 Å². The third-order valence-electron chi connectivity index (χ3n) is 3.64. The number of anilines is 1. The molecular weight excluding hydrogens is 409 g/mol. The molecule has 0 unspecified atom stereocenters. The molecule has 156 valence electrons. The highest BCUT2D eigenvalue weighted by Crippen LogP contribution is 2.29. The zero-order chi connectivity index (χ0) is 21.7. The van der Waals surface area contributed by atoms with Gasteiger partial charge in [-0.3, -0.25) is 10.3 Å². The SMILES string of the molecule is COC(=O)c1cncc(COC(=O)Nc2ccc(-c3noc(C(F)(F)F)n3)cc2)c1. The molecule has 0 bridgehead atoms. The zero-order valence-corrected chi connectivity index (χ0v) is 15.3. The molecule has 0 atom stereocenters. The maximum absolute atomic E-state index is 12.5. The normalized spacial score (nSPS) is 11.1. The molecule has 3 rings (SSSR count). The number of benzene rings is 1. The van der Waals surface area contributed by atoms with Crippen molar-refractivity contribution in [3.63, 3.8) is 0 Å². The van der Waals surface area contributed by atoms with Crippen LogP contribution < -0.4 is 5.32 Å². The van der Waals surface area contributed by atoms with Gasteiger partial charge >= 0.3 is 24.1 Å². The highest BCUT2D eigenvalue weighted by molar-refractivity contribution is 5.89. The number of aromatic nitrogens is 3. The van der Waals surface area contributed by atoms with E-state index in [0.717, 1.165) is 0 Å². The van der Waals surface area contributed by atoms with E-state index in [4.69, 9.17) is 4.74 Å². The molecule has 2 heterocycles. The highest BCUT2D eigenvalue weighted by atomic mass is 19.4. The van der Waals surface area contributed by atoms with Crippen LogP contribution in [-0.4, -0.2) is 34.3 Å². The van der Waals surface area contributed by atoms with E-state index < -0.39 is 24.1 Å². The van der Waals surface area contributed by atoms with E-state index in [9.17, 15) is 22.8 Å². The number of ether oxygens (including phenoxy) is 2. The summed E-state index contributed by atoms with van der Waals surface area (Å²) >= 11 is 0. The van der Waals surface area contributed by atoms with E-state index in [1.54, 1.807) is 0 Å². The first kappa shape index (κ1) is 20.8. The van der Waals surface area contributed by atoms with Gasteiger partial charge < -0.3 is 14.0 Å². The first-order valence-corrected chi connectivity index (χ1v) is 8.23. The number of halogens is 3. The predicted molar refractivity (Wildman–Crippen MR) is 94.1 cm³/mol. The van der Waals surface area contributed by atoms with E-state index in [2.05, 4.69) is 29.7 Å². The van der Waals surface area contributed by atoms with E-state index in [1.807, 2.05) is 0 Å². The molecule has 1 N–H and O–H groups in total. The minimum atomic E-state index is -4.73. The second kappa shape index (κ2) is 8.59. The second-order valence-corrected chi connectivity index (χ2v) is 5.77. The Bertz CT molecular complexity index is 1050. The van der Waals surface area contributed by atoms with Crippen LogP contribution in [0.15, 0.2) is 47.2 Å². The van der Waals surface area contributed by atoms with Crippen LogP contribution in [0.3, 0.4) is 0 Å². The summed E-state index contributed by atoms with van der Waals surface area (Å²) in [6.07, 6.45) is -2.78. The molecule has 9 nitrogen and oxygen atoms in total. The molecule has 1 aromatic carbocycles. The zero-order valence-electron chi connectivity index (χ0n) is 15.3. The molecule has 0 saturated carbocycles. The monoisotopic (exact) mass is 422 g/mol. The number of methoxy groups -OCH3 is 1. The van der Waals surface area contributed by atoms with Crippen molar-refractivity contribution in [2.24, 2.45) is 0 Å². The van der Waals surface area contributed by atoms with E-state index in [0.29, 0.717) is 11.3 Å². The summed E-state index contributed by atoms with van der Waals surface area (Å²) in [5, 5.41) is 5.73. The number of amides is 1. The van der Waals surface area contributed by atoms with Crippen molar-refractivity contribution in [2.45, 2.75) is 12.8 Å². The fraction of sp³-hybridized carbons (Fsp3) is 0.167. The lowest BCUT2D eigenvalue weighted by Crippen LogP contribution is -2.14. The number of hydrogen-bond donors (Lipinski definition) is 1. The minimum absolute atomic E-state index is 0.148. The van der Waals surface area contributed by atoms with Crippen molar-refractivity contribution in [3.8, 4) is 11.4 Å². The molecule has 30 heavy (non-hydrogen) atoms. The van der Waals surface area contributed by atoms with Crippen LogP contribution >= 0.6 is 0 Å². The Morgan fingerprint density at radius 3 is 2.53 bits per heavy atom. The number of carbonyl (C=O) groups excluding carboxylic acids is 2. The smallest absolute Gasteiger partial charge is 0.465 e. The van der Waals surface area contributed by atoms with Gasteiger partial charge in [0.2, 0.25) is 5.82 Å². The summed E-state index contributed by atoms with van der Waals surface area (Å²) in [4.78, 5) is 30.5. The van der Waals surface area contributed by atoms with Crippen LogP contribution in [0.25, 0.3) is 11.4 Å². The Kier molecular flexibility index (Phi) is 5.95. The first-order valence-electron chi connectivity index (χ1n) is 8.23. The van der Waals surface area contributed by atoms with Gasteiger partial charge in [0.25, 0.3) is 0 Å². The van der Waals surface area contributed by atoms with Gasteiger partial charge in [-0.25, -0.2) is 9.59 Å². The standard InChI is InChI=1S/C18H13F3N4O5/c1-28-15(26)12-6-10(7-22-8-12)9-29-17(27)23-13-4-2-11(3-5-13)14-24-16(30-25-14)18(19,20)21/h2-8H,9H2,1H3,(H,23,27). The summed E-state index contributed by atoms with van der Waals surface area (Å²) in [5.41, 5.74) is 1.27. The number of pyridine rings is 1. The number of nitrogens with zero attached hydrogens (tertiary/aromatic N) is 3. The Morgan fingerprint density at radius 1 is 1.17 bits per heavy atom. The molecule has 0 aliphatic heterocycles. The lowest BCUT2D eigenvalue weighted by Gasteiger charge is -2.08. The fourth-order valence-corrected chi connectivity index (χ4v) is 2.26. The van der Waals surface area contributed by atoms with Gasteiger partial charge in [0.1, 0.15) is 6.61 Å². The van der Waals surface area contributed by atoms with Gasteiger partial charge in [-0.05, 0) is 30.3 Å². The van der Waals surface area contributed by atoms with Crippen molar-refractivity contribution in [1.82, 2.24) is 15.1 Å². The minimum Gasteiger partial charge on any atom is -0.465 e. The van der Waals surface area contributed by atoms with Gasteiger partial charge in [0.05, 0.1) is 12.7 Å².